The van der Waals surface area contributed by atoms with E-state index in [2.05, 4.69) is 56.0 Å². The minimum absolute atomic E-state index is 0.882. The molecule has 0 aliphatic rings. The Bertz CT molecular complexity index is 821. The van der Waals surface area contributed by atoms with Crippen LogP contribution in [-0.2, 0) is 6.54 Å². The predicted octanol–water partition coefficient (Wildman–Crippen LogP) is 5.02. The smallest absolute Gasteiger partial charge is 0.190 e. The van der Waals surface area contributed by atoms with Gasteiger partial charge >= 0.3 is 0 Å². The molecule has 3 aromatic rings. The molecule has 2 heterocycles. The predicted molar refractivity (Wildman–Crippen MR) is 95.2 cm³/mol. The van der Waals surface area contributed by atoms with Crippen molar-refractivity contribution in [1.82, 2.24) is 9.55 Å². The van der Waals surface area contributed by atoms with Crippen LogP contribution in [0, 0.1) is 0 Å². The van der Waals surface area contributed by atoms with Gasteiger partial charge in [0.2, 0.25) is 0 Å². The van der Waals surface area contributed by atoms with Crippen molar-refractivity contribution < 1.29 is 0 Å². The Labute approximate surface area is 142 Å². The molecular weight excluding hydrogens is 358 g/mol. The lowest BCUT2D eigenvalue weighted by atomic mass is 10.2. The number of hydrogen-bond donors (Lipinski definition) is 0. The van der Waals surface area contributed by atoms with Crippen molar-refractivity contribution in [2.45, 2.75) is 19.9 Å². The lowest BCUT2D eigenvalue weighted by molar-refractivity contribution is 0.667. The van der Waals surface area contributed by atoms with Gasteiger partial charge in [-0.1, -0.05) is 41.1 Å². The number of rotatable bonds is 4. The van der Waals surface area contributed by atoms with Crippen molar-refractivity contribution >= 4 is 33.0 Å². The third-order valence-electron chi connectivity index (χ3n) is 3.27. The molecule has 0 saturated carbocycles. The summed E-state index contributed by atoms with van der Waals surface area (Å²) in [7, 11) is 0. The summed E-state index contributed by atoms with van der Waals surface area (Å²) in [5, 5.41) is 2.17. The van der Waals surface area contributed by atoms with Crippen molar-refractivity contribution in [1.29, 1.82) is 0 Å². The molecule has 3 rings (SSSR count). The van der Waals surface area contributed by atoms with Crippen LogP contribution in [0.2, 0.25) is 0 Å². The number of aromatic nitrogens is 2. The Hall–Kier alpha value is -1.72. The average molecular weight is 374 g/mol. The summed E-state index contributed by atoms with van der Waals surface area (Å²) >= 11 is 5.31. The molecule has 2 aromatic heterocycles. The second-order valence-corrected chi connectivity index (χ2v) is 6.55. The maximum Gasteiger partial charge on any atom is 0.190 e. The summed E-state index contributed by atoms with van der Waals surface area (Å²) < 4.78 is 3.38. The highest BCUT2D eigenvalue weighted by Crippen LogP contribution is 2.28. The van der Waals surface area contributed by atoms with E-state index in [9.17, 15) is 0 Å². The highest BCUT2D eigenvalue weighted by molar-refractivity contribution is 9.10. The van der Waals surface area contributed by atoms with Crippen molar-refractivity contribution in [3.63, 3.8) is 0 Å². The Morgan fingerprint density at radius 2 is 2.09 bits per heavy atom. The summed E-state index contributed by atoms with van der Waals surface area (Å²) in [6.07, 6.45) is 4.61. The van der Waals surface area contributed by atoms with Crippen molar-refractivity contribution in [2.24, 2.45) is 4.99 Å². The maximum absolute atomic E-state index is 4.74. The topological polar surface area (TPSA) is 30.2 Å². The van der Waals surface area contributed by atoms with Gasteiger partial charge in [0.25, 0.3) is 0 Å². The molecule has 0 fully saturated rings. The van der Waals surface area contributed by atoms with E-state index in [4.69, 9.17) is 4.99 Å². The van der Waals surface area contributed by atoms with E-state index in [0.717, 1.165) is 27.9 Å². The number of benzene rings is 1. The summed E-state index contributed by atoms with van der Waals surface area (Å²) in [4.78, 5) is 9.87. The second kappa shape index (κ2) is 7.03. The van der Waals surface area contributed by atoms with Crippen molar-refractivity contribution in [3.05, 3.63) is 63.4 Å². The summed E-state index contributed by atoms with van der Waals surface area (Å²) in [5.41, 5.74) is 3.27. The van der Waals surface area contributed by atoms with Crippen LogP contribution in [0.25, 0.3) is 11.3 Å². The van der Waals surface area contributed by atoms with E-state index in [1.165, 1.54) is 11.3 Å². The number of nitrogens with zero attached hydrogens (tertiary/aromatic N) is 3. The molecular formula is C17H16BrN3S. The maximum atomic E-state index is 4.74. The lowest BCUT2D eigenvalue weighted by Gasteiger charge is -2.09. The van der Waals surface area contributed by atoms with Gasteiger partial charge in [0.05, 0.1) is 17.6 Å². The molecule has 0 radical (unpaired) electrons. The van der Waals surface area contributed by atoms with Crippen LogP contribution in [0.5, 0.6) is 0 Å². The molecule has 0 amide bonds. The van der Waals surface area contributed by atoms with Crippen molar-refractivity contribution in [3.8, 4) is 11.3 Å². The van der Waals surface area contributed by atoms with E-state index < -0.39 is 0 Å². The highest BCUT2D eigenvalue weighted by Gasteiger charge is 2.10. The SMILES string of the molecule is CCCn1c(-c2ccccc2Br)csc1=Nc1cccnc1. The molecule has 5 heteroatoms. The average Bonchev–Trinajstić information content (AvgIpc) is 2.92. The van der Waals surface area contributed by atoms with Crippen molar-refractivity contribution in [2.75, 3.05) is 0 Å². The van der Waals surface area contributed by atoms with Crippen LogP contribution in [0.1, 0.15) is 13.3 Å². The zero-order valence-corrected chi connectivity index (χ0v) is 14.6. The zero-order valence-electron chi connectivity index (χ0n) is 12.2. The minimum atomic E-state index is 0.882. The van der Waals surface area contributed by atoms with E-state index >= 15 is 0 Å². The largest absolute Gasteiger partial charge is 0.316 e. The molecule has 0 spiro atoms. The molecule has 3 nitrogen and oxygen atoms in total. The first-order valence-corrected chi connectivity index (χ1v) is 8.85. The van der Waals surface area contributed by atoms with Gasteiger partial charge < -0.3 is 4.57 Å². The van der Waals surface area contributed by atoms with Gasteiger partial charge in [-0.25, -0.2) is 4.99 Å². The first-order chi connectivity index (χ1) is 10.8. The number of hydrogen-bond acceptors (Lipinski definition) is 3. The Balaban J connectivity index is 2.14. The van der Waals surface area contributed by atoms with E-state index in [1.54, 1.807) is 23.7 Å². The van der Waals surface area contributed by atoms with E-state index in [1.807, 2.05) is 18.2 Å². The van der Waals surface area contributed by atoms with Crippen LogP contribution in [0.3, 0.4) is 0 Å². The molecule has 0 unspecified atom stereocenters. The number of pyridine rings is 1. The second-order valence-electron chi connectivity index (χ2n) is 4.86. The van der Waals surface area contributed by atoms with Crippen LogP contribution in [0.15, 0.2) is 63.6 Å². The standard InChI is InChI=1S/C17H16BrN3S/c1-2-10-21-16(14-7-3-4-8-15(14)18)12-22-17(21)20-13-6-5-9-19-11-13/h3-9,11-12H,2,10H2,1H3. The number of thiazole rings is 1. The fraction of sp³-hybridized carbons (Fsp3) is 0.176. The summed E-state index contributed by atoms with van der Waals surface area (Å²) in [6, 6.07) is 12.2. The monoisotopic (exact) mass is 373 g/mol. The number of halogens is 1. The summed E-state index contributed by atoms with van der Waals surface area (Å²) in [6.45, 7) is 3.13. The first kappa shape index (κ1) is 15.2. The van der Waals surface area contributed by atoms with Gasteiger partial charge in [-0.05, 0) is 24.6 Å². The molecule has 0 aliphatic carbocycles. The van der Waals surface area contributed by atoms with Gasteiger partial charge in [0.1, 0.15) is 0 Å². The minimum Gasteiger partial charge on any atom is -0.316 e. The first-order valence-electron chi connectivity index (χ1n) is 7.17. The molecule has 1 aromatic carbocycles. The van der Waals surface area contributed by atoms with Crippen LogP contribution >= 0.6 is 27.3 Å². The zero-order chi connectivity index (χ0) is 15.4. The van der Waals surface area contributed by atoms with Crippen LogP contribution < -0.4 is 4.80 Å². The van der Waals surface area contributed by atoms with E-state index in [-0.39, 0.29) is 0 Å². The van der Waals surface area contributed by atoms with Gasteiger partial charge in [0, 0.05) is 28.2 Å². The van der Waals surface area contributed by atoms with Gasteiger partial charge in [-0.3, -0.25) is 4.98 Å². The Morgan fingerprint density at radius 3 is 2.82 bits per heavy atom. The van der Waals surface area contributed by atoms with E-state index in [0.29, 0.717) is 0 Å². The third-order valence-corrected chi connectivity index (χ3v) is 4.82. The normalized spacial score (nSPS) is 11.8. The molecule has 0 aliphatic heterocycles. The molecule has 0 bridgehead atoms. The fourth-order valence-corrected chi connectivity index (χ4v) is 3.71. The van der Waals surface area contributed by atoms with Crippen LogP contribution in [-0.4, -0.2) is 9.55 Å². The molecule has 0 saturated heterocycles. The van der Waals surface area contributed by atoms with Gasteiger partial charge in [-0.15, -0.1) is 11.3 Å². The quantitative estimate of drug-likeness (QED) is 0.631. The van der Waals surface area contributed by atoms with Gasteiger partial charge in [-0.2, -0.15) is 0 Å². The fourth-order valence-electron chi connectivity index (χ4n) is 2.27. The third kappa shape index (κ3) is 3.20. The molecule has 112 valence electrons. The Morgan fingerprint density at radius 1 is 1.23 bits per heavy atom. The molecule has 0 N–H and O–H groups in total. The Kier molecular flexibility index (Phi) is 4.85. The lowest BCUT2D eigenvalue weighted by Crippen LogP contribution is -2.15. The van der Waals surface area contributed by atoms with Crippen LogP contribution in [0.4, 0.5) is 5.69 Å². The molecule has 22 heavy (non-hydrogen) atoms. The van der Waals surface area contributed by atoms with Gasteiger partial charge in [0.15, 0.2) is 4.80 Å². The molecule has 0 atom stereocenters. The summed E-state index contributed by atoms with van der Waals surface area (Å²) in [5.74, 6) is 0. The highest BCUT2D eigenvalue weighted by atomic mass is 79.9.